The van der Waals surface area contributed by atoms with Gasteiger partial charge in [0.25, 0.3) is 0 Å². The third-order valence-electron chi connectivity index (χ3n) is 5.34. The van der Waals surface area contributed by atoms with Gasteiger partial charge >= 0.3 is 0 Å². The lowest BCUT2D eigenvalue weighted by Crippen LogP contribution is -2.57. The number of aliphatic hydroxyl groups is 2. The normalized spacial score (nSPS) is 37.1. The summed E-state index contributed by atoms with van der Waals surface area (Å²) in [6.07, 6.45) is 1.07. The molecular formula is C19H26O6. The molecule has 1 spiro atoms. The van der Waals surface area contributed by atoms with E-state index in [1.54, 1.807) is 0 Å². The molecule has 5 unspecified atom stereocenters. The summed E-state index contributed by atoms with van der Waals surface area (Å²) in [4.78, 5) is 0. The zero-order valence-electron chi connectivity index (χ0n) is 14.3. The van der Waals surface area contributed by atoms with E-state index in [1.807, 2.05) is 30.3 Å². The van der Waals surface area contributed by atoms with Crippen LogP contribution in [-0.2, 0) is 25.6 Å². The Balaban J connectivity index is 1.41. The molecule has 0 radical (unpaired) electrons. The topological polar surface area (TPSA) is 77.4 Å². The molecule has 138 valence electrons. The molecule has 1 aromatic rings. The van der Waals surface area contributed by atoms with E-state index in [2.05, 4.69) is 0 Å². The monoisotopic (exact) mass is 350 g/mol. The van der Waals surface area contributed by atoms with Gasteiger partial charge in [0.15, 0.2) is 12.1 Å². The second-order valence-electron chi connectivity index (χ2n) is 7.19. The van der Waals surface area contributed by atoms with Gasteiger partial charge < -0.3 is 29.2 Å². The van der Waals surface area contributed by atoms with Crippen molar-refractivity contribution in [1.29, 1.82) is 0 Å². The molecule has 0 bridgehead atoms. The van der Waals surface area contributed by atoms with Crippen LogP contribution in [0.15, 0.2) is 30.3 Å². The maximum Gasteiger partial charge on any atom is 0.184 e. The third kappa shape index (κ3) is 3.60. The molecule has 6 nitrogen and oxygen atoms in total. The quantitative estimate of drug-likeness (QED) is 0.861. The molecule has 3 fully saturated rings. The van der Waals surface area contributed by atoms with Crippen LogP contribution < -0.4 is 0 Å². The third-order valence-corrected chi connectivity index (χ3v) is 5.34. The summed E-state index contributed by atoms with van der Waals surface area (Å²) in [6, 6.07) is 9.88. The Labute approximate surface area is 147 Å². The van der Waals surface area contributed by atoms with E-state index in [1.165, 1.54) is 6.42 Å². The van der Waals surface area contributed by atoms with Crippen LogP contribution in [0.1, 0.15) is 37.7 Å². The molecule has 2 saturated heterocycles. The molecule has 1 saturated carbocycles. The fourth-order valence-electron chi connectivity index (χ4n) is 4.04. The van der Waals surface area contributed by atoms with Gasteiger partial charge in [-0.25, -0.2) is 0 Å². The fourth-order valence-corrected chi connectivity index (χ4v) is 4.04. The summed E-state index contributed by atoms with van der Waals surface area (Å²) in [5, 5.41) is 20.3. The molecule has 1 aromatic carbocycles. The van der Waals surface area contributed by atoms with Crippen molar-refractivity contribution in [3.8, 4) is 0 Å². The van der Waals surface area contributed by atoms with E-state index in [-0.39, 0.29) is 6.61 Å². The lowest BCUT2D eigenvalue weighted by atomic mass is 9.94. The van der Waals surface area contributed by atoms with Crippen molar-refractivity contribution in [2.75, 3.05) is 6.61 Å². The maximum absolute atomic E-state index is 10.3. The molecule has 0 amide bonds. The van der Waals surface area contributed by atoms with Crippen LogP contribution in [0.25, 0.3) is 0 Å². The van der Waals surface area contributed by atoms with Gasteiger partial charge in [-0.3, -0.25) is 0 Å². The lowest BCUT2D eigenvalue weighted by Gasteiger charge is -2.37. The number of hydrogen-bond acceptors (Lipinski definition) is 6. The SMILES string of the molecule is OC1OC(COCc2ccccc2)C2OC3(CCCCC3)OC2C1O. The standard InChI is InChI=1S/C19H26O6/c20-15-17-16(24-19(25-17)9-5-2-6-10-19)14(23-18(15)21)12-22-11-13-7-3-1-4-8-13/h1,3-4,7-8,14-18,20-21H,2,5-6,9-12H2. The van der Waals surface area contributed by atoms with E-state index in [0.717, 1.165) is 31.2 Å². The van der Waals surface area contributed by atoms with Crippen LogP contribution in [0.5, 0.6) is 0 Å². The van der Waals surface area contributed by atoms with E-state index >= 15 is 0 Å². The fraction of sp³-hybridized carbons (Fsp3) is 0.684. The highest BCUT2D eigenvalue weighted by Gasteiger charge is 2.57. The number of aliphatic hydroxyl groups excluding tert-OH is 2. The van der Waals surface area contributed by atoms with E-state index < -0.39 is 36.5 Å². The predicted octanol–water partition coefficient (Wildman–Crippen LogP) is 1.73. The molecule has 5 atom stereocenters. The largest absolute Gasteiger partial charge is 0.385 e. The van der Waals surface area contributed by atoms with Crippen LogP contribution in [0, 0.1) is 0 Å². The Morgan fingerprint density at radius 3 is 2.48 bits per heavy atom. The minimum atomic E-state index is -1.28. The molecule has 2 N–H and O–H groups in total. The highest BCUT2D eigenvalue weighted by Crippen LogP contribution is 2.44. The van der Waals surface area contributed by atoms with E-state index in [9.17, 15) is 10.2 Å². The van der Waals surface area contributed by atoms with Crippen molar-refractivity contribution in [2.24, 2.45) is 0 Å². The molecular weight excluding hydrogens is 324 g/mol. The second kappa shape index (κ2) is 7.31. The maximum atomic E-state index is 10.3. The average Bonchev–Trinajstić information content (AvgIpc) is 3.00. The molecule has 0 aromatic heterocycles. The van der Waals surface area contributed by atoms with Gasteiger partial charge in [0.2, 0.25) is 0 Å². The molecule has 25 heavy (non-hydrogen) atoms. The van der Waals surface area contributed by atoms with Gasteiger partial charge in [0, 0.05) is 12.8 Å². The Bertz CT molecular complexity index is 558. The summed E-state index contributed by atoms with van der Waals surface area (Å²) < 4.78 is 23.7. The Morgan fingerprint density at radius 1 is 1.00 bits per heavy atom. The second-order valence-corrected chi connectivity index (χ2v) is 7.19. The van der Waals surface area contributed by atoms with Crippen LogP contribution >= 0.6 is 0 Å². The van der Waals surface area contributed by atoms with Crippen LogP contribution in [0.2, 0.25) is 0 Å². The number of ether oxygens (including phenoxy) is 4. The van der Waals surface area contributed by atoms with Gasteiger partial charge in [0.1, 0.15) is 24.4 Å². The van der Waals surface area contributed by atoms with Crippen LogP contribution in [-0.4, -0.2) is 53.3 Å². The average molecular weight is 350 g/mol. The van der Waals surface area contributed by atoms with Crippen molar-refractivity contribution in [3.63, 3.8) is 0 Å². The first-order valence-corrected chi connectivity index (χ1v) is 9.16. The van der Waals surface area contributed by atoms with Crippen molar-refractivity contribution in [1.82, 2.24) is 0 Å². The lowest BCUT2D eigenvalue weighted by molar-refractivity contribution is -0.267. The Hall–Kier alpha value is -1.02. The summed E-state index contributed by atoms with van der Waals surface area (Å²) in [5.41, 5.74) is 1.07. The van der Waals surface area contributed by atoms with Crippen molar-refractivity contribution in [2.45, 2.75) is 75.2 Å². The van der Waals surface area contributed by atoms with E-state index in [0.29, 0.717) is 6.61 Å². The van der Waals surface area contributed by atoms with Gasteiger partial charge in [-0.2, -0.15) is 0 Å². The zero-order chi connectivity index (χ0) is 17.3. The molecule has 2 heterocycles. The minimum absolute atomic E-state index is 0.277. The van der Waals surface area contributed by atoms with Gasteiger partial charge in [-0.05, 0) is 18.4 Å². The summed E-state index contributed by atoms with van der Waals surface area (Å²) in [5.74, 6) is -0.639. The molecule has 6 heteroatoms. The first-order valence-electron chi connectivity index (χ1n) is 9.16. The van der Waals surface area contributed by atoms with Crippen LogP contribution in [0.4, 0.5) is 0 Å². The number of hydrogen-bond donors (Lipinski definition) is 2. The molecule has 1 aliphatic carbocycles. The van der Waals surface area contributed by atoms with Gasteiger partial charge in [-0.15, -0.1) is 0 Å². The highest BCUT2D eigenvalue weighted by molar-refractivity contribution is 5.13. The number of fused-ring (bicyclic) bond motifs is 1. The molecule has 2 aliphatic heterocycles. The number of rotatable bonds is 4. The molecule has 3 aliphatic rings. The van der Waals surface area contributed by atoms with Crippen LogP contribution in [0.3, 0.4) is 0 Å². The smallest absolute Gasteiger partial charge is 0.184 e. The van der Waals surface area contributed by atoms with Crippen molar-refractivity contribution >= 4 is 0 Å². The number of benzene rings is 1. The summed E-state index contributed by atoms with van der Waals surface area (Å²) >= 11 is 0. The zero-order valence-corrected chi connectivity index (χ0v) is 14.3. The van der Waals surface area contributed by atoms with E-state index in [4.69, 9.17) is 18.9 Å². The van der Waals surface area contributed by atoms with Gasteiger partial charge in [0.05, 0.1) is 13.2 Å². The summed E-state index contributed by atoms with van der Waals surface area (Å²) in [7, 11) is 0. The van der Waals surface area contributed by atoms with Gasteiger partial charge in [-0.1, -0.05) is 36.8 Å². The summed E-state index contributed by atoms with van der Waals surface area (Å²) in [6.45, 7) is 0.738. The van der Waals surface area contributed by atoms with Crippen molar-refractivity contribution in [3.05, 3.63) is 35.9 Å². The first kappa shape index (κ1) is 17.4. The van der Waals surface area contributed by atoms with Crippen molar-refractivity contribution < 1.29 is 29.2 Å². The first-order chi connectivity index (χ1) is 12.2. The Morgan fingerprint density at radius 2 is 1.72 bits per heavy atom. The predicted molar refractivity (Wildman–Crippen MR) is 88.5 cm³/mol. The minimum Gasteiger partial charge on any atom is -0.385 e. The molecule has 4 rings (SSSR count). The highest BCUT2D eigenvalue weighted by atomic mass is 16.8. The Kier molecular flexibility index (Phi) is 5.08.